The van der Waals surface area contributed by atoms with Gasteiger partial charge in [0, 0.05) is 12.1 Å². The van der Waals surface area contributed by atoms with Crippen molar-refractivity contribution in [3.05, 3.63) is 0 Å². The lowest BCUT2D eigenvalue weighted by atomic mass is 9.92. The smallest absolute Gasteiger partial charge is 0.323 e. The molecule has 0 bridgehead atoms. The predicted molar refractivity (Wildman–Crippen MR) is 75.9 cm³/mol. The Balaban J connectivity index is 4.55. The maximum Gasteiger partial charge on any atom is 0.323 e. The second-order valence-corrected chi connectivity index (χ2v) is 6.08. The summed E-state index contributed by atoms with van der Waals surface area (Å²) >= 11 is 0. The first kappa shape index (κ1) is 17.4. The lowest BCUT2D eigenvalue weighted by Crippen LogP contribution is -2.52. The first-order chi connectivity index (χ1) is 8.14. The molecule has 0 amide bonds. The van der Waals surface area contributed by atoms with Gasteiger partial charge < -0.3 is 15.3 Å². The average Bonchev–Trinajstić information content (AvgIpc) is 2.26. The van der Waals surface area contributed by atoms with Gasteiger partial charge in [0.1, 0.15) is 5.54 Å². The summed E-state index contributed by atoms with van der Waals surface area (Å²) in [4.78, 5) is 13.6. The van der Waals surface area contributed by atoms with Crippen molar-refractivity contribution in [1.29, 1.82) is 0 Å². The number of likely N-dealkylation sites (N-methyl/N-ethyl adjacent to an activating group) is 1. The standard InChI is InChI=1S/C14H30N2O2/c1-10(2)8-11(3)16(7)12(4)9-14(5,15-6)13(17)18/h10-12,15H,8-9H2,1-7H3,(H,17,18). The molecule has 0 aromatic carbocycles. The minimum atomic E-state index is -0.856. The number of rotatable bonds is 8. The largest absolute Gasteiger partial charge is 0.480 e. The Hall–Kier alpha value is -0.610. The molecule has 0 rings (SSSR count). The van der Waals surface area contributed by atoms with Crippen LogP contribution in [0.2, 0.25) is 0 Å². The molecule has 0 saturated heterocycles. The Morgan fingerprint density at radius 2 is 1.78 bits per heavy atom. The fraction of sp³-hybridized carbons (Fsp3) is 0.929. The third kappa shape index (κ3) is 4.94. The summed E-state index contributed by atoms with van der Waals surface area (Å²) in [6.45, 7) is 10.5. The van der Waals surface area contributed by atoms with E-state index in [1.54, 1.807) is 14.0 Å². The monoisotopic (exact) mass is 258 g/mol. The molecule has 18 heavy (non-hydrogen) atoms. The number of aliphatic carboxylic acids is 1. The summed E-state index contributed by atoms with van der Waals surface area (Å²) in [6.07, 6.45) is 1.72. The Labute approximate surface area is 112 Å². The Kier molecular flexibility index (Phi) is 6.86. The Bertz CT molecular complexity index is 269. The number of carboxylic acid groups (broad SMARTS) is 1. The quantitative estimate of drug-likeness (QED) is 0.701. The third-order valence-electron chi connectivity index (χ3n) is 3.93. The van der Waals surface area contributed by atoms with Crippen LogP contribution in [0.3, 0.4) is 0 Å². The fourth-order valence-corrected chi connectivity index (χ4v) is 2.31. The van der Waals surface area contributed by atoms with Crippen molar-refractivity contribution in [3.8, 4) is 0 Å². The highest BCUT2D eigenvalue weighted by molar-refractivity contribution is 5.78. The molecule has 108 valence electrons. The maximum absolute atomic E-state index is 11.3. The molecule has 0 spiro atoms. The predicted octanol–water partition coefficient (Wildman–Crippen LogP) is 2.19. The van der Waals surface area contributed by atoms with Gasteiger partial charge in [-0.05, 0) is 53.6 Å². The van der Waals surface area contributed by atoms with E-state index in [9.17, 15) is 9.90 Å². The van der Waals surface area contributed by atoms with Crippen LogP contribution in [0.4, 0.5) is 0 Å². The lowest BCUT2D eigenvalue weighted by Gasteiger charge is -2.36. The highest BCUT2D eigenvalue weighted by atomic mass is 16.4. The van der Waals surface area contributed by atoms with Crippen molar-refractivity contribution >= 4 is 5.97 Å². The molecule has 0 heterocycles. The summed E-state index contributed by atoms with van der Waals surface area (Å²) in [6, 6.07) is 0.696. The zero-order valence-corrected chi connectivity index (χ0v) is 12.9. The molecule has 3 unspecified atom stereocenters. The molecule has 0 aliphatic rings. The van der Waals surface area contributed by atoms with E-state index in [2.05, 4.69) is 45.0 Å². The number of carboxylic acids is 1. The van der Waals surface area contributed by atoms with Gasteiger partial charge in [-0.3, -0.25) is 4.79 Å². The van der Waals surface area contributed by atoms with Gasteiger partial charge in [0.2, 0.25) is 0 Å². The summed E-state index contributed by atoms with van der Waals surface area (Å²) < 4.78 is 0. The molecule has 0 aromatic heterocycles. The molecular weight excluding hydrogens is 228 g/mol. The van der Waals surface area contributed by atoms with Gasteiger partial charge in [0.05, 0.1) is 0 Å². The SMILES string of the molecule is CNC(C)(CC(C)N(C)C(C)CC(C)C)C(=O)O. The molecule has 0 radical (unpaired) electrons. The Morgan fingerprint density at radius 3 is 2.11 bits per heavy atom. The topological polar surface area (TPSA) is 52.6 Å². The second kappa shape index (κ2) is 7.10. The van der Waals surface area contributed by atoms with Crippen LogP contribution < -0.4 is 5.32 Å². The van der Waals surface area contributed by atoms with Crippen molar-refractivity contribution in [2.75, 3.05) is 14.1 Å². The van der Waals surface area contributed by atoms with Crippen LogP contribution in [0, 0.1) is 5.92 Å². The third-order valence-corrected chi connectivity index (χ3v) is 3.93. The van der Waals surface area contributed by atoms with Crippen molar-refractivity contribution in [3.63, 3.8) is 0 Å². The van der Waals surface area contributed by atoms with E-state index in [0.717, 1.165) is 6.42 Å². The summed E-state index contributed by atoms with van der Waals surface area (Å²) in [7, 11) is 3.79. The molecule has 0 aliphatic heterocycles. The van der Waals surface area contributed by atoms with Crippen LogP contribution in [0.15, 0.2) is 0 Å². The van der Waals surface area contributed by atoms with E-state index in [-0.39, 0.29) is 6.04 Å². The van der Waals surface area contributed by atoms with Gasteiger partial charge >= 0.3 is 5.97 Å². The number of hydrogen-bond donors (Lipinski definition) is 2. The van der Waals surface area contributed by atoms with Crippen LogP contribution in [-0.2, 0) is 4.79 Å². The highest BCUT2D eigenvalue weighted by Crippen LogP contribution is 2.19. The first-order valence-corrected chi connectivity index (χ1v) is 6.78. The second-order valence-electron chi connectivity index (χ2n) is 6.08. The van der Waals surface area contributed by atoms with Crippen molar-refractivity contribution < 1.29 is 9.90 Å². The van der Waals surface area contributed by atoms with E-state index in [1.165, 1.54) is 0 Å². The van der Waals surface area contributed by atoms with Crippen LogP contribution >= 0.6 is 0 Å². The zero-order chi connectivity index (χ0) is 14.5. The van der Waals surface area contributed by atoms with Gasteiger partial charge in [-0.25, -0.2) is 0 Å². The molecule has 0 aromatic rings. The van der Waals surface area contributed by atoms with E-state index < -0.39 is 11.5 Å². The molecule has 4 heteroatoms. The van der Waals surface area contributed by atoms with E-state index >= 15 is 0 Å². The van der Waals surface area contributed by atoms with Crippen molar-refractivity contribution in [2.45, 2.75) is 65.1 Å². The number of hydrogen-bond acceptors (Lipinski definition) is 3. The Morgan fingerprint density at radius 1 is 1.28 bits per heavy atom. The van der Waals surface area contributed by atoms with E-state index in [4.69, 9.17) is 0 Å². The summed E-state index contributed by atoms with van der Waals surface area (Å²) in [5.41, 5.74) is -0.856. The number of nitrogens with zero attached hydrogens (tertiary/aromatic N) is 1. The maximum atomic E-state index is 11.3. The number of carbonyl (C=O) groups is 1. The first-order valence-electron chi connectivity index (χ1n) is 6.78. The molecular formula is C14H30N2O2. The van der Waals surface area contributed by atoms with Crippen molar-refractivity contribution in [1.82, 2.24) is 10.2 Å². The van der Waals surface area contributed by atoms with Crippen LogP contribution in [0.5, 0.6) is 0 Å². The fourth-order valence-electron chi connectivity index (χ4n) is 2.31. The van der Waals surface area contributed by atoms with Gasteiger partial charge in [0.15, 0.2) is 0 Å². The molecule has 0 aliphatic carbocycles. The zero-order valence-electron chi connectivity index (χ0n) is 12.9. The van der Waals surface area contributed by atoms with Crippen LogP contribution in [0.1, 0.15) is 47.5 Å². The van der Waals surface area contributed by atoms with E-state index in [0.29, 0.717) is 18.4 Å². The van der Waals surface area contributed by atoms with Gasteiger partial charge in [-0.15, -0.1) is 0 Å². The normalized spacial score (nSPS) is 18.7. The minimum Gasteiger partial charge on any atom is -0.480 e. The molecule has 0 fully saturated rings. The molecule has 0 saturated carbocycles. The average molecular weight is 258 g/mol. The van der Waals surface area contributed by atoms with E-state index in [1.807, 2.05) is 0 Å². The summed E-state index contributed by atoms with van der Waals surface area (Å²) in [5.74, 6) is -0.133. The van der Waals surface area contributed by atoms with Crippen LogP contribution in [0.25, 0.3) is 0 Å². The molecule has 3 atom stereocenters. The van der Waals surface area contributed by atoms with Gasteiger partial charge in [-0.1, -0.05) is 13.8 Å². The van der Waals surface area contributed by atoms with Crippen LogP contribution in [-0.4, -0.2) is 47.7 Å². The highest BCUT2D eigenvalue weighted by Gasteiger charge is 2.34. The molecule has 2 N–H and O–H groups in total. The molecule has 4 nitrogen and oxygen atoms in total. The lowest BCUT2D eigenvalue weighted by molar-refractivity contribution is -0.144. The number of nitrogens with one attached hydrogen (secondary N) is 1. The minimum absolute atomic E-state index is 0.229. The van der Waals surface area contributed by atoms with Gasteiger partial charge in [-0.2, -0.15) is 0 Å². The van der Waals surface area contributed by atoms with Gasteiger partial charge in [0.25, 0.3) is 0 Å². The van der Waals surface area contributed by atoms with Crippen molar-refractivity contribution in [2.24, 2.45) is 5.92 Å². The summed E-state index contributed by atoms with van der Waals surface area (Å²) in [5, 5.41) is 12.2.